The molecule has 1 unspecified atom stereocenters. The zero-order valence-electron chi connectivity index (χ0n) is 12.1. The molecule has 1 aromatic heterocycles. The average Bonchev–Trinajstić information content (AvgIpc) is 2.95. The molecule has 2 heterocycles. The number of benzene rings is 1. The van der Waals surface area contributed by atoms with Crippen molar-refractivity contribution >= 4 is 5.91 Å². The Kier molecular flexibility index (Phi) is 3.90. The Hall–Kier alpha value is -2.30. The highest BCUT2D eigenvalue weighted by atomic mass is 16.5. The molecule has 5 heteroatoms. The fraction of sp³-hybridized carbons (Fsp3) is 0.375. The molecule has 0 fully saturated rings. The SMILES string of the molecule is COc1ccc(CC(=O)NC2CCn3cncc3C2)cc1. The van der Waals surface area contributed by atoms with Crippen molar-refractivity contribution in [3.05, 3.63) is 48.0 Å². The number of aryl methyl sites for hydroxylation is 1. The van der Waals surface area contributed by atoms with Crippen molar-refractivity contribution in [2.45, 2.75) is 31.8 Å². The van der Waals surface area contributed by atoms with Gasteiger partial charge in [0.25, 0.3) is 0 Å². The number of ether oxygens (including phenoxy) is 1. The van der Waals surface area contributed by atoms with Crippen LogP contribution in [0.2, 0.25) is 0 Å². The van der Waals surface area contributed by atoms with Crippen LogP contribution in [0, 0.1) is 0 Å². The van der Waals surface area contributed by atoms with Gasteiger partial charge in [-0.15, -0.1) is 0 Å². The number of nitrogens with zero attached hydrogens (tertiary/aromatic N) is 2. The smallest absolute Gasteiger partial charge is 0.224 e. The normalized spacial score (nSPS) is 17.1. The average molecular weight is 285 g/mol. The molecule has 1 aromatic carbocycles. The monoisotopic (exact) mass is 285 g/mol. The summed E-state index contributed by atoms with van der Waals surface area (Å²) >= 11 is 0. The molecular formula is C16H19N3O2. The van der Waals surface area contributed by atoms with Crippen LogP contribution in [-0.4, -0.2) is 28.6 Å². The summed E-state index contributed by atoms with van der Waals surface area (Å²) in [6.45, 7) is 0.919. The molecular weight excluding hydrogens is 266 g/mol. The molecule has 21 heavy (non-hydrogen) atoms. The first-order valence-corrected chi connectivity index (χ1v) is 7.16. The molecule has 0 saturated carbocycles. The summed E-state index contributed by atoms with van der Waals surface area (Å²) < 4.78 is 7.26. The third-order valence-electron chi connectivity index (χ3n) is 3.86. The van der Waals surface area contributed by atoms with Crippen LogP contribution in [0.15, 0.2) is 36.8 Å². The Balaban J connectivity index is 1.54. The van der Waals surface area contributed by atoms with Crippen LogP contribution < -0.4 is 10.1 Å². The number of hydrogen-bond acceptors (Lipinski definition) is 3. The number of amides is 1. The highest BCUT2D eigenvalue weighted by Gasteiger charge is 2.20. The largest absolute Gasteiger partial charge is 0.497 e. The Morgan fingerprint density at radius 1 is 1.43 bits per heavy atom. The Morgan fingerprint density at radius 2 is 2.24 bits per heavy atom. The standard InChI is InChI=1S/C16H19N3O2/c1-21-15-4-2-12(3-5-15)8-16(20)18-13-6-7-19-11-17-10-14(19)9-13/h2-5,10-11,13H,6-9H2,1H3,(H,18,20). The van der Waals surface area contributed by atoms with E-state index in [0.29, 0.717) is 6.42 Å². The van der Waals surface area contributed by atoms with E-state index in [2.05, 4.69) is 14.9 Å². The number of nitrogens with one attached hydrogen (secondary N) is 1. The van der Waals surface area contributed by atoms with E-state index in [-0.39, 0.29) is 11.9 Å². The second-order valence-electron chi connectivity index (χ2n) is 5.36. The molecule has 1 aliphatic rings. The molecule has 1 amide bonds. The number of imidazole rings is 1. The van der Waals surface area contributed by atoms with Gasteiger partial charge < -0.3 is 14.6 Å². The molecule has 1 atom stereocenters. The maximum atomic E-state index is 12.1. The van der Waals surface area contributed by atoms with E-state index < -0.39 is 0 Å². The van der Waals surface area contributed by atoms with Crippen LogP contribution >= 0.6 is 0 Å². The lowest BCUT2D eigenvalue weighted by Gasteiger charge is -2.24. The minimum Gasteiger partial charge on any atom is -0.497 e. The van der Waals surface area contributed by atoms with Gasteiger partial charge >= 0.3 is 0 Å². The van der Waals surface area contributed by atoms with Crippen molar-refractivity contribution in [1.29, 1.82) is 0 Å². The number of fused-ring (bicyclic) bond motifs is 1. The van der Waals surface area contributed by atoms with Crippen molar-refractivity contribution in [2.75, 3.05) is 7.11 Å². The minimum atomic E-state index is 0.0677. The first-order chi connectivity index (χ1) is 10.2. The summed E-state index contributed by atoms with van der Waals surface area (Å²) in [5.41, 5.74) is 2.19. The summed E-state index contributed by atoms with van der Waals surface area (Å²) in [6.07, 6.45) is 5.94. The third kappa shape index (κ3) is 3.24. The molecule has 0 bridgehead atoms. The van der Waals surface area contributed by atoms with Crippen LogP contribution in [0.4, 0.5) is 0 Å². The maximum absolute atomic E-state index is 12.1. The summed E-state index contributed by atoms with van der Waals surface area (Å²) in [4.78, 5) is 16.3. The number of carbonyl (C=O) groups excluding carboxylic acids is 1. The van der Waals surface area contributed by atoms with Gasteiger partial charge in [-0.25, -0.2) is 4.98 Å². The quantitative estimate of drug-likeness (QED) is 0.927. The lowest BCUT2D eigenvalue weighted by atomic mass is 10.0. The van der Waals surface area contributed by atoms with Crippen LogP contribution in [-0.2, 0) is 24.2 Å². The Labute approximate surface area is 124 Å². The summed E-state index contributed by atoms with van der Waals surface area (Å²) in [5.74, 6) is 0.873. The topological polar surface area (TPSA) is 56.1 Å². The van der Waals surface area contributed by atoms with Crippen molar-refractivity contribution in [3.63, 3.8) is 0 Å². The van der Waals surface area contributed by atoms with E-state index in [9.17, 15) is 4.79 Å². The van der Waals surface area contributed by atoms with Crippen molar-refractivity contribution in [1.82, 2.24) is 14.9 Å². The van der Waals surface area contributed by atoms with E-state index in [0.717, 1.165) is 30.7 Å². The van der Waals surface area contributed by atoms with Crippen LogP contribution in [0.5, 0.6) is 5.75 Å². The van der Waals surface area contributed by atoms with Gasteiger partial charge in [-0.3, -0.25) is 4.79 Å². The molecule has 0 aliphatic carbocycles. The molecule has 3 rings (SSSR count). The van der Waals surface area contributed by atoms with Gasteiger partial charge in [0, 0.05) is 30.9 Å². The summed E-state index contributed by atoms with van der Waals surface area (Å²) in [6, 6.07) is 7.81. The molecule has 0 spiro atoms. The zero-order chi connectivity index (χ0) is 14.7. The second kappa shape index (κ2) is 5.99. The third-order valence-corrected chi connectivity index (χ3v) is 3.86. The number of carbonyl (C=O) groups is 1. The van der Waals surface area contributed by atoms with Gasteiger partial charge in [0.1, 0.15) is 5.75 Å². The Morgan fingerprint density at radius 3 is 3.00 bits per heavy atom. The molecule has 1 N–H and O–H groups in total. The van der Waals surface area contributed by atoms with Crippen LogP contribution in [0.3, 0.4) is 0 Å². The fourth-order valence-electron chi connectivity index (χ4n) is 2.70. The fourth-order valence-corrected chi connectivity index (χ4v) is 2.70. The molecule has 110 valence electrons. The number of hydrogen-bond donors (Lipinski definition) is 1. The first kappa shape index (κ1) is 13.7. The van der Waals surface area contributed by atoms with Crippen molar-refractivity contribution in [2.24, 2.45) is 0 Å². The summed E-state index contributed by atoms with van der Waals surface area (Å²) in [5, 5.41) is 3.12. The van der Waals surface area contributed by atoms with Gasteiger partial charge in [0.05, 0.1) is 19.9 Å². The number of aromatic nitrogens is 2. The van der Waals surface area contributed by atoms with E-state index in [4.69, 9.17) is 4.74 Å². The van der Waals surface area contributed by atoms with Crippen molar-refractivity contribution < 1.29 is 9.53 Å². The summed E-state index contributed by atoms with van der Waals surface area (Å²) in [7, 11) is 1.63. The van der Waals surface area contributed by atoms with Gasteiger partial charge in [-0.2, -0.15) is 0 Å². The predicted octanol–water partition coefficient (Wildman–Crippen LogP) is 1.57. The number of rotatable bonds is 4. The molecule has 1 aliphatic heterocycles. The van der Waals surface area contributed by atoms with Gasteiger partial charge in [-0.05, 0) is 24.1 Å². The molecule has 5 nitrogen and oxygen atoms in total. The van der Waals surface area contributed by atoms with E-state index >= 15 is 0 Å². The molecule has 0 radical (unpaired) electrons. The van der Waals surface area contributed by atoms with E-state index in [1.165, 1.54) is 5.69 Å². The lowest BCUT2D eigenvalue weighted by Crippen LogP contribution is -2.40. The van der Waals surface area contributed by atoms with Gasteiger partial charge in [-0.1, -0.05) is 12.1 Å². The van der Waals surface area contributed by atoms with Crippen LogP contribution in [0.1, 0.15) is 17.7 Å². The molecule has 2 aromatic rings. The molecule has 0 saturated heterocycles. The van der Waals surface area contributed by atoms with Crippen LogP contribution in [0.25, 0.3) is 0 Å². The highest BCUT2D eigenvalue weighted by molar-refractivity contribution is 5.78. The Bertz CT molecular complexity index is 619. The number of methoxy groups -OCH3 is 1. The minimum absolute atomic E-state index is 0.0677. The first-order valence-electron chi connectivity index (χ1n) is 7.16. The van der Waals surface area contributed by atoms with Gasteiger partial charge in [0.2, 0.25) is 5.91 Å². The van der Waals surface area contributed by atoms with E-state index in [1.54, 1.807) is 7.11 Å². The predicted molar refractivity (Wildman–Crippen MR) is 79.2 cm³/mol. The second-order valence-corrected chi connectivity index (χ2v) is 5.36. The van der Waals surface area contributed by atoms with Gasteiger partial charge in [0.15, 0.2) is 0 Å². The highest BCUT2D eigenvalue weighted by Crippen LogP contribution is 2.15. The zero-order valence-corrected chi connectivity index (χ0v) is 12.1. The van der Waals surface area contributed by atoms with Crippen molar-refractivity contribution in [3.8, 4) is 5.75 Å². The van der Waals surface area contributed by atoms with E-state index in [1.807, 2.05) is 36.8 Å². The maximum Gasteiger partial charge on any atom is 0.224 e. The lowest BCUT2D eigenvalue weighted by molar-refractivity contribution is -0.121.